The molecular weight excluding hydrogens is 254 g/mol. The highest BCUT2D eigenvalue weighted by molar-refractivity contribution is 5.91. The topological polar surface area (TPSA) is 46.6 Å². The molecule has 0 aliphatic carbocycles. The minimum atomic E-state index is -0.300. The molecule has 0 aromatic heterocycles. The van der Waals surface area contributed by atoms with Crippen LogP contribution in [0.5, 0.6) is 0 Å². The number of ether oxygens (including phenoxy) is 1. The Balaban J connectivity index is 2.75. The fourth-order valence-electron chi connectivity index (χ4n) is 1.96. The minimum Gasteiger partial charge on any atom is -0.466 e. The van der Waals surface area contributed by atoms with Gasteiger partial charge in [-0.2, -0.15) is 0 Å². The van der Waals surface area contributed by atoms with Gasteiger partial charge in [0.1, 0.15) is 0 Å². The van der Waals surface area contributed by atoms with E-state index in [2.05, 4.69) is 6.58 Å². The molecule has 0 fully saturated rings. The Morgan fingerprint density at radius 1 is 1.35 bits per heavy atom. The van der Waals surface area contributed by atoms with Crippen molar-refractivity contribution in [1.82, 2.24) is 0 Å². The lowest BCUT2D eigenvalue weighted by molar-refractivity contribution is -0.140. The van der Waals surface area contributed by atoms with Gasteiger partial charge >= 0.3 is 5.97 Å². The van der Waals surface area contributed by atoms with Gasteiger partial charge in [0.2, 0.25) is 5.91 Å². The number of rotatable bonds is 6. The number of carbonyl (C=O) groups excluding carboxylic acids is 2. The fraction of sp³-hybridized carbons (Fsp3) is 0.375. The summed E-state index contributed by atoms with van der Waals surface area (Å²) < 4.78 is 4.88. The molecule has 0 saturated heterocycles. The van der Waals surface area contributed by atoms with Crippen LogP contribution < -0.4 is 4.90 Å². The minimum absolute atomic E-state index is 0.0291. The predicted molar refractivity (Wildman–Crippen MR) is 80.5 cm³/mol. The van der Waals surface area contributed by atoms with Crippen LogP contribution in [0.1, 0.15) is 31.4 Å². The number of carbonyl (C=O) groups is 2. The van der Waals surface area contributed by atoms with E-state index in [1.165, 1.54) is 13.8 Å². The van der Waals surface area contributed by atoms with Crippen LogP contribution in [0.25, 0.3) is 6.08 Å². The van der Waals surface area contributed by atoms with Crippen LogP contribution in [0, 0.1) is 6.92 Å². The fourth-order valence-corrected chi connectivity index (χ4v) is 1.96. The van der Waals surface area contributed by atoms with Gasteiger partial charge in [0.25, 0.3) is 0 Å². The highest BCUT2D eigenvalue weighted by atomic mass is 16.5. The van der Waals surface area contributed by atoms with Crippen LogP contribution in [0.4, 0.5) is 5.69 Å². The summed E-state index contributed by atoms with van der Waals surface area (Å²) in [7, 11) is 0. The quantitative estimate of drug-likeness (QED) is 0.592. The Hall–Kier alpha value is -2.10. The molecule has 0 heterocycles. The van der Waals surface area contributed by atoms with E-state index >= 15 is 0 Å². The van der Waals surface area contributed by atoms with E-state index in [0.29, 0.717) is 19.6 Å². The van der Waals surface area contributed by atoms with E-state index in [0.717, 1.165) is 16.8 Å². The van der Waals surface area contributed by atoms with Gasteiger partial charge in [0, 0.05) is 26.1 Å². The molecule has 0 bridgehead atoms. The Bertz CT molecular complexity index is 508. The van der Waals surface area contributed by atoms with Crippen LogP contribution >= 0.6 is 0 Å². The normalized spacial score (nSPS) is 9.95. The second-order valence-electron chi connectivity index (χ2n) is 4.61. The van der Waals surface area contributed by atoms with E-state index in [1.807, 2.05) is 25.1 Å². The van der Waals surface area contributed by atoms with Crippen molar-refractivity contribution >= 4 is 23.6 Å². The van der Waals surface area contributed by atoms with Gasteiger partial charge in [-0.05, 0) is 36.6 Å². The summed E-state index contributed by atoms with van der Waals surface area (Å²) in [4.78, 5) is 24.1. The van der Waals surface area contributed by atoms with Gasteiger partial charge in [-0.1, -0.05) is 18.7 Å². The Labute approximate surface area is 120 Å². The van der Waals surface area contributed by atoms with Crippen molar-refractivity contribution in [3.05, 3.63) is 35.9 Å². The number of anilines is 1. The molecule has 0 saturated carbocycles. The van der Waals surface area contributed by atoms with Crippen molar-refractivity contribution in [2.75, 3.05) is 18.1 Å². The van der Waals surface area contributed by atoms with E-state index in [1.54, 1.807) is 11.0 Å². The van der Waals surface area contributed by atoms with Gasteiger partial charge in [-0.15, -0.1) is 0 Å². The third-order valence-electron chi connectivity index (χ3n) is 3.00. The molecule has 4 heteroatoms. The highest BCUT2D eigenvalue weighted by Gasteiger charge is 2.12. The molecule has 108 valence electrons. The number of hydrogen-bond donors (Lipinski definition) is 0. The first-order valence-electron chi connectivity index (χ1n) is 6.60. The molecule has 0 aliphatic rings. The van der Waals surface area contributed by atoms with Crippen molar-refractivity contribution in [2.45, 2.75) is 27.2 Å². The Morgan fingerprint density at radius 3 is 2.55 bits per heavy atom. The first-order valence-corrected chi connectivity index (χ1v) is 6.60. The average Bonchev–Trinajstić information content (AvgIpc) is 2.37. The molecule has 0 aliphatic heterocycles. The maximum Gasteiger partial charge on any atom is 0.302 e. The SMILES string of the molecule is C=Cc1ccc(N(CCCOC(C)=O)C(C)=O)cc1C. The van der Waals surface area contributed by atoms with Crippen molar-refractivity contribution in [1.29, 1.82) is 0 Å². The lowest BCUT2D eigenvalue weighted by Gasteiger charge is -2.22. The number of benzene rings is 1. The molecule has 20 heavy (non-hydrogen) atoms. The number of aryl methyl sites for hydroxylation is 1. The van der Waals surface area contributed by atoms with Crippen LogP contribution in [-0.2, 0) is 14.3 Å². The van der Waals surface area contributed by atoms with Crippen LogP contribution in [0.15, 0.2) is 24.8 Å². The lowest BCUT2D eigenvalue weighted by atomic mass is 10.1. The second-order valence-corrected chi connectivity index (χ2v) is 4.61. The maximum absolute atomic E-state index is 11.7. The van der Waals surface area contributed by atoms with E-state index in [9.17, 15) is 9.59 Å². The monoisotopic (exact) mass is 275 g/mol. The van der Waals surface area contributed by atoms with Gasteiger partial charge in [0.15, 0.2) is 0 Å². The molecule has 0 atom stereocenters. The summed E-state index contributed by atoms with van der Waals surface area (Å²) in [6, 6.07) is 5.81. The standard InChI is InChI=1S/C16H21NO3/c1-5-15-7-8-16(11-12(15)2)17(13(3)18)9-6-10-20-14(4)19/h5,7-8,11H,1,6,9-10H2,2-4H3. The summed E-state index contributed by atoms with van der Waals surface area (Å²) in [6.45, 7) is 9.48. The Kier molecular flexibility index (Phi) is 5.97. The number of amides is 1. The van der Waals surface area contributed by atoms with Gasteiger partial charge in [-0.3, -0.25) is 9.59 Å². The predicted octanol–water partition coefficient (Wildman–Crippen LogP) is 2.94. The zero-order chi connectivity index (χ0) is 15.1. The van der Waals surface area contributed by atoms with Gasteiger partial charge < -0.3 is 9.64 Å². The highest BCUT2D eigenvalue weighted by Crippen LogP contribution is 2.20. The van der Waals surface area contributed by atoms with Crippen LogP contribution in [-0.4, -0.2) is 25.0 Å². The number of esters is 1. The Morgan fingerprint density at radius 2 is 2.05 bits per heavy atom. The summed E-state index contributed by atoms with van der Waals surface area (Å²) in [5.41, 5.74) is 2.98. The lowest BCUT2D eigenvalue weighted by Crippen LogP contribution is -2.30. The number of nitrogens with zero attached hydrogens (tertiary/aromatic N) is 1. The smallest absolute Gasteiger partial charge is 0.302 e. The summed E-state index contributed by atoms with van der Waals surface area (Å²) in [5, 5.41) is 0. The number of hydrogen-bond acceptors (Lipinski definition) is 3. The molecule has 1 aromatic rings. The van der Waals surface area contributed by atoms with E-state index < -0.39 is 0 Å². The van der Waals surface area contributed by atoms with Crippen LogP contribution in [0.3, 0.4) is 0 Å². The van der Waals surface area contributed by atoms with Crippen LogP contribution in [0.2, 0.25) is 0 Å². The van der Waals surface area contributed by atoms with E-state index in [-0.39, 0.29) is 11.9 Å². The molecule has 1 amide bonds. The summed E-state index contributed by atoms with van der Waals surface area (Å²) in [6.07, 6.45) is 2.40. The summed E-state index contributed by atoms with van der Waals surface area (Å²) >= 11 is 0. The first-order chi connectivity index (χ1) is 9.45. The van der Waals surface area contributed by atoms with Crippen molar-refractivity contribution in [3.63, 3.8) is 0 Å². The molecule has 0 spiro atoms. The van der Waals surface area contributed by atoms with Gasteiger partial charge in [-0.25, -0.2) is 0 Å². The first kappa shape index (κ1) is 16.0. The molecule has 0 N–H and O–H groups in total. The molecule has 4 nitrogen and oxygen atoms in total. The molecular formula is C16H21NO3. The van der Waals surface area contributed by atoms with Crippen molar-refractivity contribution in [2.24, 2.45) is 0 Å². The zero-order valence-electron chi connectivity index (χ0n) is 12.3. The second kappa shape index (κ2) is 7.48. The maximum atomic E-state index is 11.7. The average molecular weight is 275 g/mol. The van der Waals surface area contributed by atoms with E-state index in [4.69, 9.17) is 4.74 Å². The zero-order valence-corrected chi connectivity index (χ0v) is 12.3. The third-order valence-corrected chi connectivity index (χ3v) is 3.00. The largest absolute Gasteiger partial charge is 0.466 e. The van der Waals surface area contributed by atoms with Gasteiger partial charge in [0.05, 0.1) is 6.61 Å². The molecule has 0 radical (unpaired) electrons. The van der Waals surface area contributed by atoms with Crippen molar-refractivity contribution in [3.8, 4) is 0 Å². The summed E-state index contributed by atoms with van der Waals surface area (Å²) in [5.74, 6) is -0.330. The third kappa shape index (κ3) is 4.53. The molecule has 0 unspecified atom stereocenters. The molecule has 1 rings (SSSR count). The molecule has 1 aromatic carbocycles. The van der Waals surface area contributed by atoms with Crippen molar-refractivity contribution < 1.29 is 14.3 Å².